The molecule has 0 aliphatic carbocycles. The smallest absolute Gasteiger partial charge is 0.329 e. The Kier molecular flexibility index (Phi) is 6.14. The van der Waals surface area contributed by atoms with Crippen LogP contribution in [0.15, 0.2) is 29.4 Å². The molecule has 1 heterocycles. The van der Waals surface area contributed by atoms with E-state index in [1.54, 1.807) is 13.8 Å². The van der Waals surface area contributed by atoms with Crippen LogP contribution in [0.3, 0.4) is 0 Å². The monoisotopic (exact) mass is 316 g/mol. The molecule has 23 heavy (non-hydrogen) atoms. The third-order valence-electron chi connectivity index (χ3n) is 3.62. The summed E-state index contributed by atoms with van der Waals surface area (Å²) in [6, 6.07) is 7.93. The molecule has 2 amide bonds. The molecule has 6 heteroatoms. The second-order valence-corrected chi connectivity index (χ2v) is 5.97. The van der Waals surface area contributed by atoms with Crippen LogP contribution in [0.1, 0.15) is 38.7 Å². The average Bonchev–Trinajstić information content (AvgIpc) is 2.55. The van der Waals surface area contributed by atoms with Crippen LogP contribution in [0.25, 0.3) is 0 Å². The zero-order chi connectivity index (χ0) is 16.7. The summed E-state index contributed by atoms with van der Waals surface area (Å²) in [6.45, 7) is 5.79. The number of hydrogen-bond donors (Lipinski definition) is 2. The number of benzene rings is 1. The van der Waals surface area contributed by atoms with E-state index in [2.05, 4.69) is 32.9 Å². The van der Waals surface area contributed by atoms with Gasteiger partial charge >= 0.3 is 11.8 Å². The minimum atomic E-state index is -0.764. The summed E-state index contributed by atoms with van der Waals surface area (Å²) in [6.07, 6.45) is 5.33. The van der Waals surface area contributed by atoms with Crippen molar-refractivity contribution in [1.82, 2.24) is 10.7 Å². The van der Waals surface area contributed by atoms with Crippen LogP contribution < -0.4 is 15.6 Å². The molecule has 1 aromatic rings. The van der Waals surface area contributed by atoms with Crippen molar-refractivity contribution in [1.29, 1.82) is 0 Å². The first-order valence-electron chi connectivity index (χ1n) is 8.05. The van der Waals surface area contributed by atoms with E-state index in [1.807, 2.05) is 12.1 Å². The number of amides is 2. The Morgan fingerprint density at radius 2 is 1.74 bits per heavy atom. The highest BCUT2D eigenvalue weighted by molar-refractivity contribution is 6.35. The van der Waals surface area contributed by atoms with Crippen molar-refractivity contribution in [2.45, 2.75) is 39.2 Å². The van der Waals surface area contributed by atoms with Crippen molar-refractivity contribution in [3.63, 3.8) is 0 Å². The van der Waals surface area contributed by atoms with E-state index in [0.717, 1.165) is 18.7 Å². The fourth-order valence-corrected chi connectivity index (χ4v) is 2.47. The Morgan fingerprint density at radius 3 is 2.35 bits per heavy atom. The summed E-state index contributed by atoms with van der Waals surface area (Å²) >= 11 is 0. The second-order valence-electron chi connectivity index (χ2n) is 5.97. The average molecular weight is 316 g/mol. The van der Waals surface area contributed by atoms with Crippen LogP contribution in [-0.2, 0) is 9.59 Å². The van der Waals surface area contributed by atoms with Crippen LogP contribution in [0.2, 0.25) is 0 Å². The normalized spacial score (nSPS) is 15.0. The predicted molar refractivity (Wildman–Crippen MR) is 91.5 cm³/mol. The summed E-state index contributed by atoms with van der Waals surface area (Å²) in [5.74, 6) is -1.45. The van der Waals surface area contributed by atoms with Gasteiger partial charge in [0.25, 0.3) is 0 Å². The third-order valence-corrected chi connectivity index (χ3v) is 3.62. The van der Waals surface area contributed by atoms with Crippen molar-refractivity contribution >= 4 is 23.7 Å². The SMILES string of the molecule is CC(C)NC(=O)C(=O)N/N=C\c1ccc(N2CCCCC2)cc1. The van der Waals surface area contributed by atoms with Crippen LogP contribution in [-0.4, -0.2) is 37.2 Å². The van der Waals surface area contributed by atoms with E-state index in [-0.39, 0.29) is 6.04 Å². The van der Waals surface area contributed by atoms with Gasteiger partial charge in [-0.25, -0.2) is 5.43 Å². The summed E-state index contributed by atoms with van der Waals surface area (Å²) in [7, 11) is 0. The molecule has 1 fully saturated rings. The van der Waals surface area contributed by atoms with E-state index < -0.39 is 11.8 Å². The zero-order valence-electron chi connectivity index (χ0n) is 13.7. The molecular formula is C17H24N4O2. The van der Waals surface area contributed by atoms with Gasteiger partial charge in [0, 0.05) is 24.8 Å². The number of anilines is 1. The van der Waals surface area contributed by atoms with E-state index >= 15 is 0 Å². The van der Waals surface area contributed by atoms with Crippen LogP contribution in [0.5, 0.6) is 0 Å². The Morgan fingerprint density at radius 1 is 1.09 bits per heavy atom. The van der Waals surface area contributed by atoms with Gasteiger partial charge in [0.1, 0.15) is 0 Å². The lowest BCUT2D eigenvalue weighted by molar-refractivity contribution is -0.139. The van der Waals surface area contributed by atoms with E-state index in [4.69, 9.17) is 0 Å². The van der Waals surface area contributed by atoms with Crippen molar-refractivity contribution in [3.8, 4) is 0 Å². The van der Waals surface area contributed by atoms with Gasteiger partial charge in [0.05, 0.1) is 6.21 Å². The van der Waals surface area contributed by atoms with Crippen LogP contribution >= 0.6 is 0 Å². The number of nitrogens with one attached hydrogen (secondary N) is 2. The fourth-order valence-electron chi connectivity index (χ4n) is 2.47. The van der Waals surface area contributed by atoms with Gasteiger partial charge in [-0.1, -0.05) is 12.1 Å². The van der Waals surface area contributed by atoms with Crippen LogP contribution in [0, 0.1) is 0 Å². The summed E-state index contributed by atoms with van der Waals surface area (Å²) in [4.78, 5) is 25.3. The molecule has 0 aromatic heterocycles. The van der Waals surface area contributed by atoms with E-state index in [1.165, 1.54) is 31.2 Å². The van der Waals surface area contributed by atoms with Gasteiger partial charge in [-0.15, -0.1) is 0 Å². The zero-order valence-corrected chi connectivity index (χ0v) is 13.7. The number of carbonyl (C=O) groups excluding carboxylic acids is 2. The first kappa shape index (κ1) is 17.0. The van der Waals surface area contributed by atoms with E-state index in [0.29, 0.717) is 0 Å². The van der Waals surface area contributed by atoms with Gasteiger partial charge < -0.3 is 10.2 Å². The number of hydrogen-bond acceptors (Lipinski definition) is 4. The molecule has 2 N–H and O–H groups in total. The minimum Gasteiger partial charge on any atom is -0.372 e. The fraction of sp³-hybridized carbons (Fsp3) is 0.471. The van der Waals surface area contributed by atoms with Gasteiger partial charge in [0.2, 0.25) is 0 Å². The number of nitrogens with zero attached hydrogens (tertiary/aromatic N) is 2. The maximum atomic E-state index is 11.5. The molecule has 6 nitrogen and oxygen atoms in total. The summed E-state index contributed by atoms with van der Waals surface area (Å²) < 4.78 is 0. The van der Waals surface area contributed by atoms with Gasteiger partial charge in [-0.05, 0) is 50.8 Å². The molecule has 0 atom stereocenters. The molecule has 2 rings (SSSR count). The molecule has 1 aliphatic rings. The summed E-state index contributed by atoms with van der Waals surface area (Å²) in [5.41, 5.74) is 4.30. The van der Waals surface area contributed by atoms with Crippen molar-refractivity contribution in [2.75, 3.05) is 18.0 Å². The maximum absolute atomic E-state index is 11.5. The highest BCUT2D eigenvalue weighted by atomic mass is 16.2. The Bertz CT molecular complexity index is 560. The molecule has 0 unspecified atom stereocenters. The minimum absolute atomic E-state index is 0.0837. The molecule has 0 bridgehead atoms. The molecule has 1 saturated heterocycles. The highest BCUT2D eigenvalue weighted by Crippen LogP contribution is 2.19. The lowest BCUT2D eigenvalue weighted by Crippen LogP contribution is -2.41. The van der Waals surface area contributed by atoms with Gasteiger partial charge in [-0.3, -0.25) is 9.59 Å². The second kappa shape index (κ2) is 8.31. The molecule has 1 aromatic carbocycles. The number of hydrazone groups is 1. The number of carbonyl (C=O) groups is 2. The van der Waals surface area contributed by atoms with Crippen molar-refractivity contribution in [3.05, 3.63) is 29.8 Å². The molecule has 0 radical (unpaired) electrons. The topological polar surface area (TPSA) is 73.8 Å². The molecular weight excluding hydrogens is 292 g/mol. The third kappa shape index (κ3) is 5.39. The van der Waals surface area contributed by atoms with Crippen molar-refractivity contribution in [2.24, 2.45) is 5.10 Å². The summed E-state index contributed by atoms with van der Waals surface area (Å²) in [5, 5.41) is 6.32. The lowest BCUT2D eigenvalue weighted by Gasteiger charge is -2.28. The van der Waals surface area contributed by atoms with Gasteiger partial charge in [-0.2, -0.15) is 5.10 Å². The Balaban J connectivity index is 1.85. The molecule has 1 aliphatic heterocycles. The maximum Gasteiger partial charge on any atom is 0.329 e. The number of rotatable bonds is 4. The first-order chi connectivity index (χ1) is 11.1. The largest absolute Gasteiger partial charge is 0.372 e. The Hall–Kier alpha value is -2.37. The number of piperidine rings is 1. The molecule has 0 spiro atoms. The quantitative estimate of drug-likeness (QED) is 0.504. The highest BCUT2D eigenvalue weighted by Gasteiger charge is 2.13. The Labute approximate surface area is 136 Å². The lowest BCUT2D eigenvalue weighted by atomic mass is 10.1. The van der Waals surface area contributed by atoms with Crippen molar-refractivity contribution < 1.29 is 9.59 Å². The molecule has 124 valence electrons. The standard InChI is InChI=1S/C17H24N4O2/c1-13(2)19-16(22)17(23)20-18-12-14-6-8-15(9-7-14)21-10-4-3-5-11-21/h6-9,12-13H,3-5,10-11H2,1-2H3,(H,19,22)(H,20,23)/b18-12-. The van der Waals surface area contributed by atoms with Crippen LogP contribution in [0.4, 0.5) is 5.69 Å². The van der Waals surface area contributed by atoms with Gasteiger partial charge in [0.15, 0.2) is 0 Å². The first-order valence-corrected chi connectivity index (χ1v) is 8.05. The molecule has 0 saturated carbocycles. The predicted octanol–water partition coefficient (Wildman–Crippen LogP) is 1.65. The van der Waals surface area contributed by atoms with E-state index in [9.17, 15) is 9.59 Å².